The van der Waals surface area contributed by atoms with Gasteiger partial charge in [0.2, 0.25) is 0 Å². The van der Waals surface area contributed by atoms with Crippen molar-refractivity contribution in [2.24, 2.45) is 0 Å². The summed E-state index contributed by atoms with van der Waals surface area (Å²) in [5.74, 6) is 0. The average molecular weight is 377 g/mol. The first-order valence-electron chi connectivity index (χ1n) is 3.85. The first kappa shape index (κ1) is 18.5. The minimum Gasteiger partial charge on any atom is -0.195 e. The molecular formula is C6H4Cl2F2O6S3. The SMILES string of the molecule is O=S(=O)(Cl)Cl.O=S(=O)(F)c1cccc(S(=O)(=O)F)c1. The first-order chi connectivity index (χ1) is 8.21. The predicted molar refractivity (Wildman–Crippen MR) is 63.7 cm³/mol. The molecule has 0 amide bonds. The molecule has 0 aromatic heterocycles. The second-order valence-corrected chi connectivity index (χ2v) is 9.09. The lowest BCUT2D eigenvalue weighted by Gasteiger charge is -1.96. The third kappa shape index (κ3) is 9.10. The van der Waals surface area contributed by atoms with Crippen LogP contribution >= 0.6 is 21.4 Å². The van der Waals surface area contributed by atoms with E-state index in [1.54, 1.807) is 0 Å². The standard InChI is InChI=1S/C6H4F2O4S2.Cl2O2S/c7-13(9,10)5-2-1-3-6(4-5)14(8,11)12;1-5(2,3)4/h1-4H;. The number of hydrogen-bond acceptors (Lipinski definition) is 6. The van der Waals surface area contributed by atoms with Crippen LogP contribution < -0.4 is 0 Å². The second-order valence-electron chi connectivity index (χ2n) is 2.73. The summed E-state index contributed by atoms with van der Waals surface area (Å²) in [5, 5.41) is 0. The van der Waals surface area contributed by atoms with E-state index in [0.29, 0.717) is 6.07 Å². The molecule has 0 unspecified atom stereocenters. The largest absolute Gasteiger partial charge is 0.332 e. The van der Waals surface area contributed by atoms with Crippen molar-refractivity contribution in [3.05, 3.63) is 24.3 Å². The van der Waals surface area contributed by atoms with Gasteiger partial charge in [-0.1, -0.05) is 6.07 Å². The third-order valence-corrected chi connectivity index (χ3v) is 3.00. The van der Waals surface area contributed by atoms with Crippen molar-refractivity contribution in [2.45, 2.75) is 9.79 Å². The molecule has 1 aromatic rings. The molecule has 0 spiro atoms. The van der Waals surface area contributed by atoms with Gasteiger partial charge < -0.3 is 0 Å². The molecule has 6 nitrogen and oxygen atoms in total. The van der Waals surface area contributed by atoms with E-state index in [0.717, 1.165) is 18.2 Å². The fourth-order valence-corrected chi connectivity index (χ4v) is 1.87. The van der Waals surface area contributed by atoms with E-state index in [-0.39, 0.29) is 0 Å². The molecule has 0 N–H and O–H groups in total. The summed E-state index contributed by atoms with van der Waals surface area (Å²) in [4.78, 5) is -1.78. The highest BCUT2D eigenvalue weighted by atomic mass is 36.0. The summed E-state index contributed by atoms with van der Waals surface area (Å²) in [5.41, 5.74) is 0. The van der Waals surface area contributed by atoms with E-state index in [2.05, 4.69) is 21.4 Å². The van der Waals surface area contributed by atoms with Gasteiger partial charge in [-0.25, -0.2) is 0 Å². The Morgan fingerprint density at radius 2 is 1.05 bits per heavy atom. The molecule has 1 rings (SSSR count). The van der Waals surface area contributed by atoms with Crippen molar-refractivity contribution in [3.8, 4) is 0 Å². The number of hydrogen-bond donors (Lipinski definition) is 0. The highest BCUT2D eigenvalue weighted by Crippen LogP contribution is 2.18. The smallest absolute Gasteiger partial charge is 0.195 e. The van der Waals surface area contributed by atoms with Gasteiger partial charge in [-0.15, -0.1) is 7.77 Å². The molecule has 0 heterocycles. The van der Waals surface area contributed by atoms with Crippen LogP contribution in [0.3, 0.4) is 0 Å². The van der Waals surface area contributed by atoms with Gasteiger partial charge in [0.1, 0.15) is 0 Å². The van der Waals surface area contributed by atoms with Crippen molar-refractivity contribution in [1.29, 1.82) is 0 Å². The maximum Gasteiger partial charge on any atom is 0.332 e. The van der Waals surface area contributed by atoms with Crippen molar-refractivity contribution >= 4 is 50.1 Å². The molecule has 0 saturated carbocycles. The molecular weight excluding hydrogens is 373 g/mol. The summed E-state index contributed by atoms with van der Waals surface area (Å²) >= 11 is 0. The molecule has 0 aliphatic heterocycles. The highest BCUT2D eigenvalue weighted by molar-refractivity contribution is 8.31. The van der Waals surface area contributed by atoms with Gasteiger partial charge in [0.15, 0.2) is 0 Å². The summed E-state index contributed by atoms with van der Waals surface area (Å²) in [6.45, 7) is 0. The summed E-state index contributed by atoms with van der Waals surface area (Å²) in [6, 6.07) is 2.98. The van der Waals surface area contributed by atoms with Gasteiger partial charge in [0.05, 0.1) is 9.79 Å². The fourth-order valence-electron chi connectivity index (χ4n) is 0.778. The number of benzene rings is 1. The molecule has 19 heavy (non-hydrogen) atoms. The van der Waals surface area contributed by atoms with Gasteiger partial charge in [-0.05, 0) is 18.2 Å². The third-order valence-electron chi connectivity index (χ3n) is 1.37. The molecule has 0 atom stereocenters. The zero-order valence-electron chi connectivity index (χ0n) is 8.50. The van der Waals surface area contributed by atoms with Crippen LogP contribution in [-0.4, -0.2) is 25.3 Å². The van der Waals surface area contributed by atoms with E-state index in [1.807, 2.05) is 0 Å². The molecule has 0 bridgehead atoms. The molecule has 0 aliphatic carbocycles. The summed E-state index contributed by atoms with van der Waals surface area (Å²) < 4.78 is 84.3. The Hall–Kier alpha value is -0.490. The van der Waals surface area contributed by atoms with Crippen molar-refractivity contribution in [3.63, 3.8) is 0 Å². The zero-order valence-corrected chi connectivity index (χ0v) is 12.5. The zero-order chi connectivity index (χ0) is 15.5. The molecule has 0 radical (unpaired) electrons. The maximum atomic E-state index is 12.3. The van der Waals surface area contributed by atoms with Gasteiger partial charge in [0.25, 0.3) is 0 Å². The van der Waals surface area contributed by atoms with Crippen LogP contribution in [-0.2, 0) is 28.7 Å². The van der Waals surface area contributed by atoms with Crippen molar-refractivity contribution < 1.29 is 33.0 Å². The lowest BCUT2D eigenvalue weighted by molar-refractivity contribution is 0.549. The highest BCUT2D eigenvalue weighted by Gasteiger charge is 2.17. The molecule has 0 fully saturated rings. The Bertz CT molecular complexity index is 701. The first-order valence-corrected chi connectivity index (χ1v) is 9.75. The van der Waals surface area contributed by atoms with E-state index in [9.17, 15) is 24.6 Å². The Balaban J connectivity index is 0.000000555. The van der Waals surface area contributed by atoms with Gasteiger partial charge in [-0.3, -0.25) is 0 Å². The quantitative estimate of drug-likeness (QED) is 0.727. The van der Waals surface area contributed by atoms with Crippen molar-refractivity contribution in [2.75, 3.05) is 0 Å². The Kier molecular flexibility index (Phi) is 6.14. The van der Waals surface area contributed by atoms with Crippen LogP contribution in [0.15, 0.2) is 34.1 Å². The molecule has 110 valence electrons. The molecule has 1 aromatic carbocycles. The summed E-state index contributed by atoms with van der Waals surface area (Å²) in [6.07, 6.45) is 0. The average Bonchev–Trinajstić information content (AvgIpc) is 2.12. The van der Waals surface area contributed by atoms with Crippen LogP contribution in [0.2, 0.25) is 0 Å². The van der Waals surface area contributed by atoms with Crippen LogP contribution in [0.25, 0.3) is 0 Å². The lowest BCUT2D eigenvalue weighted by Crippen LogP contribution is -1.96. The van der Waals surface area contributed by atoms with Gasteiger partial charge in [0, 0.05) is 21.4 Å². The van der Waals surface area contributed by atoms with Crippen LogP contribution in [0.1, 0.15) is 0 Å². The predicted octanol–water partition coefficient (Wildman–Crippen LogP) is 1.71. The normalized spacial score (nSPS) is 12.4. The van der Waals surface area contributed by atoms with Gasteiger partial charge >= 0.3 is 28.7 Å². The van der Waals surface area contributed by atoms with E-state index >= 15 is 0 Å². The fraction of sp³-hybridized carbons (Fsp3) is 0. The topological polar surface area (TPSA) is 102 Å². The van der Waals surface area contributed by atoms with Crippen molar-refractivity contribution in [1.82, 2.24) is 0 Å². The van der Waals surface area contributed by atoms with E-state index in [4.69, 9.17) is 8.42 Å². The molecule has 13 heteroatoms. The molecule has 0 aliphatic rings. The summed E-state index contributed by atoms with van der Waals surface area (Å²) in [7, 11) is -5.22. The maximum absolute atomic E-state index is 12.3. The van der Waals surface area contributed by atoms with E-state index in [1.165, 1.54) is 0 Å². The Morgan fingerprint density at radius 1 is 0.789 bits per heavy atom. The molecule has 0 saturated heterocycles. The minimum atomic E-state index is -5.02. The Labute approximate surface area is 117 Å². The second kappa shape index (κ2) is 6.31. The number of halogens is 4. The monoisotopic (exact) mass is 376 g/mol. The van der Waals surface area contributed by atoms with Crippen LogP contribution in [0.5, 0.6) is 0 Å². The lowest BCUT2D eigenvalue weighted by atomic mass is 10.4. The van der Waals surface area contributed by atoms with Crippen LogP contribution in [0.4, 0.5) is 7.77 Å². The van der Waals surface area contributed by atoms with E-state index < -0.39 is 38.5 Å². The number of rotatable bonds is 2. The minimum absolute atomic E-state index is 0.407. The van der Waals surface area contributed by atoms with Gasteiger partial charge in [-0.2, -0.15) is 25.3 Å². The Morgan fingerprint density at radius 3 is 1.26 bits per heavy atom. The van der Waals surface area contributed by atoms with Crippen LogP contribution in [0, 0.1) is 0 Å².